The average Bonchev–Trinajstić information content (AvgIpc) is 2.38. The van der Waals surface area contributed by atoms with Crippen LogP contribution in [0.25, 0.3) is 0 Å². The van der Waals surface area contributed by atoms with Crippen molar-refractivity contribution >= 4 is 21.6 Å². The molecule has 1 unspecified atom stereocenters. The van der Waals surface area contributed by atoms with E-state index in [1.807, 2.05) is 30.3 Å². The predicted molar refractivity (Wildman–Crippen MR) is 74.0 cm³/mol. The van der Waals surface area contributed by atoms with Gasteiger partial charge in [-0.05, 0) is 23.8 Å². The van der Waals surface area contributed by atoms with Gasteiger partial charge in [-0.2, -0.15) is 0 Å². The lowest BCUT2D eigenvalue weighted by Gasteiger charge is -2.13. The van der Waals surface area contributed by atoms with Crippen molar-refractivity contribution in [2.45, 2.75) is 6.10 Å². The van der Waals surface area contributed by atoms with Crippen LogP contribution in [0.5, 0.6) is 0 Å². The number of halogens is 2. The molecule has 0 saturated heterocycles. The molecule has 2 nitrogen and oxygen atoms in total. The second kappa shape index (κ2) is 5.98. The highest BCUT2D eigenvalue weighted by Crippen LogP contribution is 2.20. The zero-order valence-electron chi connectivity index (χ0n) is 9.61. The molecule has 2 aromatic carbocycles. The molecule has 0 fully saturated rings. The Kier molecular flexibility index (Phi) is 4.33. The van der Waals surface area contributed by atoms with Gasteiger partial charge in [0.05, 0.1) is 11.8 Å². The molecule has 0 spiro atoms. The van der Waals surface area contributed by atoms with Gasteiger partial charge in [0.1, 0.15) is 5.82 Å². The Bertz CT molecular complexity index is 518. The quantitative estimate of drug-likeness (QED) is 0.902. The van der Waals surface area contributed by atoms with Gasteiger partial charge < -0.3 is 10.4 Å². The molecular weight excluding hydrogens is 297 g/mol. The van der Waals surface area contributed by atoms with E-state index >= 15 is 0 Å². The van der Waals surface area contributed by atoms with Crippen LogP contribution in [-0.2, 0) is 0 Å². The van der Waals surface area contributed by atoms with Crippen LogP contribution in [0.2, 0.25) is 0 Å². The number of aliphatic hydroxyl groups is 1. The molecule has 18 heavy (non-hydrogen) atoms. The predicted octanol–water partition coefficient (Wildman–Crippen LogP) is 3.73. The second-order valence-electron chi connectivity index (χ2n) is 3.93. The van der Waals surface area contributed by atoms with Crippen LogP contribution < -0.4 is 5.32 Å². The second-order valence-corrected chi connectivity index (χ2v) is 4.85. The van der Waals surface area contributed by atoms with Crippen molar-refractivity contribution in [1.82, 2.24) is 0 Å². The van der Waals surface area contributed by atoms with Crippen molar-refractivity contribution in [2.24, 2.45) is 0 Å². The zero-order chi connectivity index (χ0) is 13.0. The van der Waals surface area contributed by atoms with Gasteiger partial charge >= 0.3 is 0 Å². The summed E-state index contributed by atoms with van der Waals surface area (Å²) >= 11 is 3.20. The van der Waals surface area contributed by atoms with Crippen molar-refractivity contribution in [3.8, 4) is 0 Å². The van der Waals surface area contributed by atoms with Gasteiger partial charge in [-0.1, -0.05) is 46.3 Å². The number of benzene rings is 2. The molecule has 0 aromatic heterocycles. The van der Waals surface area contributed by atoms with E-state index in [2.05, 4.69) is 21.2 Å². The maximum absolute atomic E-state index is 13.5. The van der Waals surface area contributed by atoms with Crippen molar-refractivity contribution < 1.29 is 9.50 Å². The Morgan fingerprint density at radius 2 is 1.89 bits per heavy atom. The number of anilines is 1. The highest BCUT2D eigenvalue weighted by molar-refractivity contribution is 9.10. The molecule has 1 atom stereocenters. The number of aliphatic hydroxyl groups excluding tert-OH is 1. The molecule has 0 amide bonds. The van der Waals surface area contributed by atoms with Crippen molar-refractivity contribution in [2.75, 3.05) is 11.9 Å². The van der Waals surface area contributed by atoms with Gasteiger partial charge in [-0.3, -0.25) is 0 Å². The smallest absolute Gasteiger partial charge is 0.147 e. The molecule has 2 N–H and O–H groups in total. The lowest BCUT2D eigenvalue weighted by molar-refractivity contribution is 0.191. The van der Waals surface area contributed by atoms with Crippen LogP contribution >= 0.6 is 15.9 Å². The standard InChI is InChI=1S/C14H13BrFNO/c15-11-6-7-13(12(16)8-11)17-9-14(18)10-4-2-1-3-5-10/h1-8,14,17-18H,9H2. The van der Waals surface area contributed by atoms with E-state index in [1.54, 1.807) is 12.1 Å². The third-order valence-electron chi connectivity index (χ3n) is 2.60. The minimum absolute atomic E-state index is 0.266. The number of rotatable bonds is 4. The molecule has 94 valence electrons. The first kappa shape index (κ1) is 13.1. The van der Waals surface area contributed by atoms with E-state index in [1.165, 1.54) is 6.07 Å². The molecule has 4 heteroatoms. The van der Waals surface area contributed by atoms with E-state index in [0.29, 0.717) is 10.2 Å². The lowest BCUT2D eigenvalue weighted by atomic mass is 10.1. The molecule has 0 bridgehead atoms. The van der Waals surface area contributed by atoms with Gasteiger partial charge in [0.15, 0.2) is 0 Å². The molecular formula is C14H13BrFNO. The number of nitrogens with one attached hydrogen (secondary N) is 1. The van der Waals surface area contributed by atoms with Gasteiger partial charge in [0.2, 0.25) is 0 Å². The molecule has 0 aliphatic rings. The third kappa shape index (κ3) is 3.31. The number of hydrogen-bond acceptors (Lipinski definition) is 2. The van der Waals surface area contributed by atoms with E-state index in [0.717, 1.165) is 5.56 Å². The summed E-state index contributed by atoms with van der Waals surface area (Å²) in [6.45, 7) is 0.266. The largest absolute Gasteiger partial charge is 0.387 e. The summed E-state index contributed by atoms with van der Waals surface area (Å²) in [6, 6.07) is 14.1. The fourth-order valence-electron chi connectivity index (χ4n) is 1.63. The Labute approximate surface area is 114 Å². The van der Waals surface area contributed by atoms with Crippen LogP contribution in [0.3, 0.4) is 0 Å². The Morgan fingerprint density at radius 1 is 1.17 bits per heavy atom. The number of hydrogen-bond donors (Lipinski definition) is 2. The summed E-state index contributed by atoms with van der Waals surface area (Å²) in [4.78, 5) is 0. The van der Waals surface area contributed by atoms with E-state index < -0.39 is 6.10 Å². The monoisotopic (exact) mass is 309 g/mol. The lowest BCUT2D eigenvalue weighted by Crippen LogP contribution is -2.12. The van der Waals surface area contributed by atoms with Crippen LogP contribution in [-0.4, -0.2) is 11.7 Å². The van der Waals surface area contributed by atoms with E-state index in [9.17, 15) is 9.50 Å². The molecule has 0 heterocycles. The topological polar surface area (TPSA) is 32.3 Å². The van der Waals surface area contributed by atoms with Gasteiger partial charge in [0.25, 0.3) is 0 Å². The first-order chi connectivity index (χ1) is 8.66. The van der Waals surface area contributed by atoms with E-state index in [4.69, 9.17) is 0 Å². The highest BCUT2D eigenvalue weighted by Gasteiger charge is 2.08. The first-order valence-electron chi connectivity index (χ1n) is 5.59. The van der Waals surface area contributed by atoms with Gasteiger partial charge in [0, 0.05) is 11.0 Å². The van der Waals surface area contributed by atoms with Gasteiger partial charge in [-0.25, -0.2) is 4.39 Å². The fraction of sp³-hybridized carbons (Fsp3) is 0.143. The van der Waals surface area contributed by atoms with Crippen LogP contribution in [0, 0.1) is 5.82 Å². The maximum Gasteiger partial charge on any atom is 0.147 e. The summed E-state index contributed by atoms with van der Waals surface area (Å²) in [7, 11) is 0. The normalized spacial score (nSPS) is 12.2. The highest BCUT2D eigenvalue weighted by atomic mass is 79.9. The SMILES string of the molecule is OC(CNc1ccc(Br)cc1F)c1ccccc1. The van der Waals surface area contributed by atoms with Crippen LogP contribution in [0.1, 0.15) is 11.7 Å². The summed E-state index contributed by atoms with van der Waals surface area (Å²) in [5.41, 5.74) is 1.19. The third-order valence-corrected chi connectivity index (χ3v) is 3.09. The molecule has 2 rings (SSSR count). The molecule has 2 aromatic rings. The Morgan fingerprint density at radius 3 is 2.56 bits per heavy atom. The summed E-state index contributed by atoms with van der Waals surface area (Å²) < 4.78 is 14.2. The average molecular weight is 310 g/mol. The molecule has 0 aliphatic heterocycles. The first-order valence-corrected chi connectivity index (χ1v) is 6.38. The molecule has 0 saturated carbocycles. The summed E-state index contributed by atoms with van der Waals surface area (Å²) in [6.07, 6.45) is -0.658. The fourth-order valence-corrected chi connectivity index (χ4v) is 1.97. The van der Waals surface area contributed by atoms with Crippen molar-refractivity contribution in [3.63, 3.8) is 0 Å². The van der Waals surface area contributed by atoms with Crippen molar-refractivity contribution in [1.29, 1.82) is 0 Å². The zero-order valence-corrected chi connectivity index (χ0v) is 11.2. The summed E-state index contributed by atoms with van der Waals surface area (Å²) in [5, 5.41) is 12.8. The van der Waals surface area contributed by atoms with Crippen LogP contribution in [0.15, 0.2) is 53.0 Å². The minimum atomic E-state index is -0.658. The molecule has 0 aliphatic carbocycles. The summed E-state index contributed by atoms with van der Waals surface area (Å²) in [5.74, 6) is -0.343. The Balaban J connectivity index is 1.99. The van der Waals surface area contributed by atoms with E-state index in [-0.39, 0.29) is 12.4 Å². The molecule has 0 radical (unpaired) electrons. The van der Waals surface area contributed by atoms with Crippen LogP contribution in [0.4, 0.5) is 10.1 Å². The minimum Gasteiger partial charge on any atom is -0.387 e. The Hall–Kier alpha value is -1.39. The van der Waals surface area contributed by atoms with Crippen molar-refractivity contribution in [3.05, 3.63) is 64.4 Å². The maximum atomic E-state index is 13.5. The van der Waals surface area contributed by atoms with Gasteiger partial charge in [-0.15, -0.1) is 0 Å².